The van der Waals surface area contributed by atoms with Crippen LogP contribution in [0.15, 0.2) is 24.3 Å². The summed E-state index contributed by atoms with van der Waals surface area (Å²) in [7, 11) is 0. The van der Waals surface area contributed by atoms with Gasteiger partial charge in [0.1, 0.15) is 6.10 Å². The summed E-state index contributed by atoms with van der Waals surface area (Å²) in [6.07, 6.45) is 4.16. The Morgan fingerprint density at radius 3 is 2.52 bits per heavy atom. The summed E-state index contributed by atoms with van der Waals surface area (Å²) in [5.41, 5.74) is 1.38. The number of esters is 1. The van der Waals surface area contributed by atoms with E-state index in [9.17, 15) is 9.59 Å². The van der Waals surface area contributed by atoms with Crippen molar-refractivity contribution in [3.05, 3.63) is 24.3 Å². The monoisotopic (exact) mass is 292 g/mol. The first-order chi connectivity index (χ1) is 9.74. The van der Waals surface area contributed by atoms with Crippen molar-refractivity contribution in [1.82, 2.24) is 0 Å². The molecular weight excluding hydrogens is 268 g/mol. The van der Waals surface area contributed by atoms with Crippen LogP contribution < -0.4 is 0 Å². The van der Waals surface area contributed by atoms with Crippen LogP contribution in [-0.4, -0.2) is 23.1 Å². The molecule has 0 bridgehead atoms. The van der Waals surface area contributed by atoms with Gasteiger partial charge in [-0.15, -0.1) is 0 Å². The molecule has 2 rings (SSSR count). The Labute approximate surface area is 125 Å². The Balaban J connectivity index is 2.16. The summed E-state index contributed by atoms with van der Waals surface area (Å²) in [4.78, 5) is 22.3. The van der Waals surface area contributed by atoms with Crippen molar-refractivity contribution in [3.8, 4) is 0 Å². The maximum atomic E-state index is 11.2. The van der Waals surface area contributed by atoms with E-state index in [1.807, 2.05) is 0 Å². The van der Waals surface area contributed by atoms with Gasteiger partial charge < -0.3 is 9.84 Å². The molecule has 4 heteroatoms. The fourth-order valence-electron chi connectivity index (χ4n) is 3.96. The molecule has 2 fully saturated rings. The number of aliphatic carboxylic acids is 1. The second-order valence-electron chi connectivity index (χ2n) is 6.72. The van der Waals surface area contributed by atoms with Gasteiger partial charge >= 0.3 is 11.9 Å². The highest BCUT2D eigenvalue weighted by molar-refractivity contribution is 5.86. The third-order valence-corrected chi connectivity index (χ3v) is 5.34. The van der Waals surface area contributed by atoms with Gasteiger partial charge in [-0.05, 0) is 54.9 Å². The van der Waals surface area contributed by atoms with E-state index in [2.05, 4.69) is 20.1 Å². The van der Waals surface area contributed by atoms with Gasteiger partial charge in [-0.1, -0.05) is 20.1 Å². The molecule has 0 aromatic heterocycles. The molecule has 1 N–H and O–H groups in total. The SMILES string of the molecule is C=C(C(=O)O)[C@@H]1CC[C@@]2(C)CC[C@H](OC(C)=O)C(=C)[C@@H]2C1. The summed E-state index contributed by atoms with van der Waals surface area (Å²) >= 11 is 0. The predicted octanol–water partition coefficient (Wildman–Crippen LogP) is 3.33. The molecule has 2 aliphatic rings. The third kappa shape index (κ3) is 3.04. The first kappa shape index (κ1) is 15.8. The quantitative estimate of drug-likeness (QED) is 0.492. The molecule has 0 aromatic carbocycles. The summed E-state index contributed by atoms with van der Waals surface area (Å²) < 4.78 is 5.36. The molecule has 0 saturated heterocycles. The minimum absolute atomic E-state index is 0.00611. The molecule has 0 amide bonds. The number of carbonyl (C=O) groups excluding carboxylic acids is 1. The zero-order valence-corrected chi connectivity index (χ0v) is 12.9. The Morgan fingerprint density at radius 1 is 1.33 bits per heavy atom. The largest absolute Gasteiger partial charge is 0.478 e. The van der Waals surface area contributed by atoms with Crippen LogP contribution in [-0.2, 0) is 14.3 Å². The molecule has 0 unspecified atom stereocenters. The summed E-state index contributed by atoms with van der Waals surface area (Å²) in [6.45, 7) is 11.5. The summed E-state index contributed by atoms with van der Waals surface area (Å²) in [5.74, 6) is -1.01. The fourth-order valence-corrected chi connectivity index (χ4v) is 3.96. The van der Waals surface area contributed by atoms with Gasteiger partial charge in [-0.25, -0.2) is 4.79 Å². The summed E-state index contributed by atoms with van der Waals surface area (Å²) in [5, 5.41) is 9.14. The normalized spacial score (nSPS) is 35.7. The molecular formula is C17H24O4. The topological polar surface area (TPSA) is 63.6 Å². The van der Waals surface area contributed by atoms with Crippen LogP contribution in [0.1, 0.15) is 46.0 Å². The standard InChI is InChI=1S/C17H24O4/c1-10(16(19)20)13-5-7-17(4)8-6-15(21-12(3)18)11(2)14(17)9-13/h13-15H,1-2,5-9H2,3-4H3,(H,19,20)/t13-,14+,15+,17+/m1/s1. The van der Waals surface area contributed by atoms with Gasteiger partial charge in [-0.3, -0.25) is 4.79 Å². The second kappa shape index (κ2) is 5.66. The predicted molar refractivity (Wildman–Crippen MR) is 79.6 cm³/mol. The van der Waals surface area contributed by atoms with Gasteiger partial charge in [0, 0.05) is 12.5 Å². The number of carboxylic acids is 1. The Morgan fingerprint density at radius 2 is 1.95 bits per heavy atom. The molecule has 0 radical (unpaired) electrons. The second-order valence-corrected chi connectivity index (χ2v) is 6.72. The van der Waals surface area contributed by atoms with Crippen LogP contribution in [0.3, 0.4) is 0 Å². The Kier molecular flexibility index (Phi) is 4.26. The fraction of sp³-hybridized carbons (Fsp3) is 0.647. The first-order valence-corrected chi connectivity index (χ1v) is 7.52. The summed E-state index contributed by atoms with van der Waals surface area (Å²) in [6, 6.07) is 0. The molecule has 4 atom stereocenters. The van der Waals surface area contributed by atoms with Crippen LogP contribution >= 0.6 is 0 Å². The maximum absolute atomic E-state index is 11.2. The molecule has 21 heavy (non-hydrogen) atoms. The van der Waals surface area contributed by atoms with Crippen molar-refractivity contribution in [2.45, 2.75) is 52.1 Å². The third-order valence-electron chi connectivity index (χ3n) is 5.34. The van der Waals surface area contributed by atoms with Crippen LogP contribution in [0.4, 0.5) is 0 Å². The van der Waals surface area contributed by atoms with Crippen molar-refractivity contribution in [2.75, 3.05) is 0 Å². The van der Waals surface area contributed by atoms with E-state index in [1.165, 1.54) is 6.92 Å². The lowest BCUT2D eigenvalue weighted by Crippen LogP contribution is -2.44. The van der Waals surface area contributed by atoms with E-state index < -0.39 is 5.97 Å². The van der Waals surface area contributed by atoms with E-state index in [0.717, 1.165) is 37.7 Å². The number of ether oxygens (including phenoxy) is 1. The Hall–Kier alpha value is -1.58. The van der Waals surface area contributed by atoms with E-state index in [0.29, 0.717) is 5.57 Å². The van der Waals surface area contributed by atoms with Gasteiger partial charge in [0.2, 0.25) is 0 Å². The molecule has 2 saturated carbocycles. The highest BCUT2D eigenvalue weighted by Crippen LogP contribution is 2.54. The molecule has 0 aliphatic heterocycles. The molecule has 2 aliphatic carbocycles. The average molecular weight is 292 g/mol. The number of hydrogen-bond acceptors (Lipinski definition) is 3. The molecule has 0 heterocycles. The minimum Gasteiger partial charge on any atom is -0.478 e. The van der Waals surface area contributed by atoms with E-state index in [-0.39, 0.29) is 29.3 Å². The molecule has 116 valence electrons. The zero-order chi connectivity index (χ0) is 15.8. The molecule has 4 nitrogen and oxygen atoms in total. The van der Waals surface area contributed by atoms with Crippen LogP contribution in [0.2, 0.25) is 0 Å². The number of hydrogen-bond donors (Lipinski definition) is 1. The van der Waals surface area contributed by atoms with Crippen LogP contribution in [0.5, 0.6) is 0 Å². The Bertz CT molecular complexity index is 493. The van der Waals surface area contributed by atoms with Crippen LogP contribution in [0, 0.1) is 17.3 Å². The van der Waals surface area contributed by atoms with Gasteiger partial charge in [0.05, 0.1) is 0 Å². The highest BCUT2D eigenvalue weighted by atomic mass is 16.5. The van der Waals surface area contributed by atoms with Gasteiger partial charge in [0.15, 0.2) is 0 Å². The smallest absolute Gasteiger partial charge is 0.331 e. The minimum atomic E-state index is -0.915. The average Bonchev–Trinajstić information content (AvgIpc) is 2.41. The zero-order valence-electron chi connectivity index (χ0n) is 12.9. The molecule has 0 aromatic rings. The van der Waals surface area contributed by atoms with E-state index in [4.69, 9.17) is 9.84 Å². The van der Waals surface area contributed by atoms with E-state index in [1.54, 1.807) is 0 Å². The number of carbonyl (C=O) groups is 2. The lowest BCUT2D eigenvalue weighted by Gasteiger charge is -2.50. The van der Waals surface area contributed by atoms with Crippen molar-refractivity contribution in [2.24, 2.45) is 17.3 Å². The lowest BCUT2D eigenvalue weighted by molar-refractivity contribution is -0.147. The van der Waals surface area contributed by atoms with Crippen molar-refractivity contribution >= 4 is 11.9 Å². The lowest BCUT2D eigenvalue weighted by atomic mass is 9.55. The van der Waals surface area contributed by atoms with Crippen LogP contribution in [0.25, 0.3) is 0 Å². The van der Waals surface area contributed by atoms with Gasteiger partial charge in [-0.2, -0.15) is 0 Å². The highest BCUT2D eigenvalue weighted by Gasteiger charge is 2.47. The van der Waals surface area contributed by atoms with Gasteiger partial charge in [0.25, 0.3) is 0 Å². The maximum Gasteiger partial charge on any atom is 0.331 e. The van der Waals surface area contributed by atoms with Crippen molar-refractivity contribution in [3.63, 3.8) is 0 Å². The number of rotatable bonds is 3. The molecule has 0 spiro atoms. The van der Waals surface area contributed by atoms with E-state index >= 15 is 0 Å². The van der Waals surface area contributed by atoms with Crippen molar-refractivity contribution in [1.29, 1.82) is 0 Å². The number of carboxylic acid groups (broad SMARTS) is 1. The van der Waals surface area contributed by atoms with Crippen molar-refractivity contribution < 1.29 is 19.4 Å². The number of fused-ring (bicyclic) bond motifs is 1. The first-order valence-electron chi connectivity index (χ1n) is 7.52.